The molecule has 1 aromatic carbocycles. The van der Waals surface area contributed by atoms with Gasteiger partial charge in [-0.05, 0) is 24.1 Å². The molecule has 1 aromatic rings. The van der Waals surface area contributed by atoms with E-state index in [-0.39, 0.29) is 12.5 Å². The van der Waals surface area contributed by atoms with Gasteiger partial charge in [0.1, 0.15) is 0 Å². The van der Waals surface area contributed by atoms with Gasteiger partial charge in [-0.3, -0.25) is 9.59 Å². The van der Waals surface area contributed by atoms with E-state index in [4.69, 9.17) is 14.6 Å². The Kier molecular flexibility index (Phi) is 5.30. The SMILES string of the molecule is CC(Cc1ccc(NC(=O)C2COCCO2)cc1)C(=O)O. The second-order valence-corrected chi connectivity index (χ2v) is 5.06. The van der Waals surface area contributed by atoms with E-state index in [0.717, 1.165) is 5.56 Å². The van der Waals surface area contributed by atoms with Crippen LogP contribution >= 0.6 is 0 Å². The van der Waals surface area contributed by atoms with Crippen molar-refractivity contribution in [2.75, 3.05) is 25.1 Å². The minimum Gasteiger partial charge on any atom is -0.481 e. The second-order valence-electron chi connectivity index (χ2n) is 5.06. The molecule has 1 aliphatic rings. The minimum absolute atomic E-state index is 0.235. The molecule has 0 aromatic heterocycles. The van der Waals surface area contributed by atoms with Crippen molar-refractivity contribution in [1.82, 2.24) is 0 Å². The average molecular weight is 293 g/mol. The van der Waals surface area contributed by atoms with Gasteiger partial charge >= 0.3 is 5.97 Å². The fourth-order valence-electron chi connectivity index (χ4n) is 2.03. The fourth-order valence-corrected chi connectivity index (χ4v) is 2.03. The van der Waals surface area contributed by atoms with Gasteiger partial charge in [0.05, 0.1) is 25.7 Å². The van der Waals surface area contributed by atoms with E-state index < -0.39 is 18.0 Å². The van der Waals surface area contributed by atoms with Gasteiger partial charge in [0.15, 0.2) is 6.10 Å². The lowest BCUT2D eigenvalue weighted by Gasteiger charge is -2.22. The quantitative estimate of drug-likeness (QED) is 0.855. The van der Waals surface area contributed by atoms with E-state index in [1.165, 1.54) is 0 Å². The monoisotopic (exact) mass is 293 g/mol. The summed E-state index contributed by atoms with van der Waals surface area (Å²) in [7, 11) is 0. The number of carbonyl (C=O) groups is 2. The van der Waals surface area contributed by atoms with E-state index in [2.05, 4.69) is 5.32 Å². The van der Waals surface area contributed by atoms with Gasteiger partial charge < -0.3 is 19.9 Å². The van der Waals surface area contributed by atoms with Crippen molar-refractivity contribution in [2.45, 2.75) is 19.4 Å². The zero-order valence-corrected chi connectivity index (χ0v) is 11.9. The van der Waals surface area contributed by atoms with Gasteiger partial charge in [-0.25, -0.2) is 0 Å². The lowest BCUT2D eigenvalue weighted by atomic mass is 10.0. The topological polar surface area (TPSA) is 84.9 Å². The summed E-state index contributed by atoms with van der Waals surface area (Å²) in [4.78, 5) is 22.7. The van der Waals surface area contributed by atoms with Gasteiger partial charge in [-0.15, -0.1) is 0 Å². The number of hydrogen-bond acceptors (Lipinski definition) is 4. The number of anilines is 1. The first-order valence-electron chi connectivity index (χ1n) is 6.88. The van der Waals surface area contributed by atoms with E-state index in [9.17, 15) is 9.59 Å². The second kappa shape index (κ2) is 7.19. The van der Waals surface area contributed by atoms with Crippen LogP contribution in [0.5, 0.6) is 0 Å². The summed E-state index contributed by atoms with van der Waals surface area (Å²) in [5.74, 6) is -1.48. The molecule has 0 bridgehead atoms. The molecule has 6 heteroatoms. The standard InChI is InChI=1S/C15H19NO5/c1-10(15(18)19)8-11-2-4-12(5-3-11)16-14(17)13-9-20-6-7-21-13/h2-5,10,13H,6-9H2,1H3,(H,16,17)(H,18,19). The van der Waals surface area contributed by atoms with Crippen molar-refractivity contribution in [3.63, 3.8) is 0 Å². The maximum atomic E-state index is 11.9. The molecule has 1 aliphatic heterocycles. The number of aliphatic carboxylic acids is 1. The largest absolute Gasteiger partial charge is 0.481 e. The average Bonchev–Trinajstić information content (AvgIpc) is 2.50. The molecule has 0 spiro atoms. The highest BCUT2D eigenvalue weighted by molar-refractivity contribution is 5.94. The highest BCUT2D eigenvalue weighted by Crippen LogP contribution is 2.14. The Bertz CT molecular complexity index is 493. The Balaban J connectivity index is 1.89. The van der Waals surface area contributed by atoms with Crippen LogP contribution in [0.4, 0.5) is 5.69 Å². The fraction of sp³-hybridized carbons (Fsp3) is 0.467. The molecule has 2 N–H and O–H groups in total. The molecule has 21 heavy (non-hydrogen) atoms. The van der Waals surface area contributed by atoms with E-state index in [1.54, 1.807) is 19.1 Å². The maximum Gasteiger partial charge on any atom is 0.306 e. The number of rotatable bonds is 5. The zero-order valence-electron chi connectivity index (χ0n) is 11.9. The Hall–Kier alpha value is -1.92. The third-order valence-electron chi connectivity index (χ3n) is 3.29. The Morgan fingerprint density at radius 2 is 2.05 bits per heavy atom. The number of hydrogen-bond donors (Lipinski definition) is 2. The first-order valence-corrected chi connectivity index (χ1v) is 6.88. The van der Waals surface area contributed by atoms with Crippen LogP contribution in [0.25, 0.3) is 0 Å². The number of benzene rings is 1. The van der Waals surface area contributed by atoms with Crippen molar-refractivity contribution in [2.24, 2.45) is 5.92 Å². The number of ether oxygens (including phenoxy) is 2. The molecule has 114 valence electrons. The van der Waals surface area contributed by atoms with E-state index >= 15 is 0 Å². The van der Waals surface area contributed by atoms with Crippen molar-refractivity contribution in [3.05, 3.63) is 29.8 Å². The first-order chi connectivity index (χ1) is 10.1. The summed E-state index contributed by atoms with van der Waals surface area (Å²) >= 11 is 0. The van der Waals surface area contributed by atoms with Crippen LogP contribution in [0.1, 0.15) is 12.5 Å². The molecule has 1 saturated heterocycles. The molecular weight excluding hydrogens is 274 g/mol. The summed E-state index contributed by atoms with van der Waals surface area (Å²) in [5, 5.41) is 11.6. The summed E-state index contributed by atoms with van der Waals surface area (Å²) in [6.07, 6.45) is -0.117. The highest BCUT2D eigenvalue weighted by Gasteiger charge is 2.22. The Labute approximate surface area is 123 Å². The first kappa shape index (κ1) is 15.5. The summed E-state index contributed by atoms with van der Waals surface area (Å²) in [6.45, 7) is 2.86. The summed E-state index contributed by atoms with van der Waals surface area (Å²) in [5.41, 5.74) is 1.57. The minimum atomic E-state index is -0.818. The van der Waals surface area contributed by atoms with Crippen LogP contribution in [0.2, 0.25) is 0 Å². The molecular formula is C15H19NO5. The number of amides is 1. The smallest absolute Gasteiger partial charge is 0.306 e. The molecule has 6 nitrogen and oxygen atoms in total. The molecule has 2 unspecified atom stereocenters. The van der Waals surface area contributed by atoms with Crippen LogP contribution in [0.15, 0.2) is 24.3 Å². The van der Waals surface area contributed by atoms with Gasteiger partial charge in [0.2, 0.25) is 0 Å². The third kappa shape index (κ3) is 4.54. The Morgan fingerprint density at radius 1 is 1.33 bits per heavy atom. The number of carboxylic acid groups (broad SMARTS) is 1. The van der Waals surface area contributed by atoms with Crippen molar-refractivity contribution in [1.29, 1.82) is 0 Å². The van der Waals surface area contributed by atoms with Crippen LogP contribution in [-0.4, -0.2) is 42.9 Å². The van der Waals surface area contributed by atoms with Crippen LogP contribution < -0.4 is 5.32 Å². The van der Waals surface area contributed by atoms with Crippen molar-refractivity contribution in [3.8, 4) is 0 Å². The normalized spacial score (nSPS) is 19.8. The molecule has 2 atom stereocenters. The van der Waals surface area contributed by atoms with Crippen LogP contribution in [0, 0.1) is 5.92 Å². The molecule has 0 radical (unpaired) electrons. The van der Waals surface area contributed by atoms with Crippen molar-refractivity contribution >= 4 is 17.6 Å². The number of nitrogens with one attached hydrogen (secondary N) is 1. The van der Waals surface area contributed by atoms with Crippen LogP contribution in [-0.2, 0) is 25.5 Å². The van der Waals surface area contributed by atoms with E-state index in [1.807, 2.05) is 12.1 Å². The predicted molar refractivity (Wildman–Crippen MR) is 76.1 cm³/mol. The Morgan fingerprint density at radius 3 is 2.62 bits per heavy atom. The third-order valence-corrected chi connectivity index (χ3v) is 3.29. The van der Waals surface area contributed by atoms with Crippen molar-refractivity contribution < 1.29 is 24.2 Å². The number of carboxylic acids is 1. The molecule has 0 aliphatic carbocycles. The van der Waals surface area contributed by atoms with Crippen LogP contribution in [0.3, 0.4) is 0 Å². The molecule has 0 saturated carbocycles. The van der Waals surface area contributed by atoms with Gasteiger partial charge in [0.25, 0.3) is 5.91 Å². The molecule has 1 amide bonds. The maximum absolute atomic E-state index is 11.9. The van der Waals surface area contributed by atoms with Gasteiger partial charge in [0, 0.05) is 5.69 Å². The predicted octanol–water partition coefficient (Wildman–Crippen LogP) is 1.30. The van der Waals surface area contributed by atoms with E-state index in [0.29, 0.717) is 25.3 Å². The highest BCUT2D eigenvalue weighted by atomic mass is 16.6. The molecule has 1 heterocycles. The molecule has 1 fully saturated rings. The molecule has 2 rings (SSSR count). The van der Waals surface area contributed by atoms with Gasteiger partial charge in [-0.1, -0.05) is 19.1 Å². The summed E-state index contributed by atoms with van der Waals surface area (Å²) in [6, 6.07) is 7.14. The number of carbonyl (C=O) groups excluding carboxylic acids is 1. The zero-order chi connectivity index (χ0) is 15.2. The summed E-state index contributed by atoms with van der Waals surface area (Å²) < 4.78 is 10.5. The van der Waals surface area contributed by atoms with Gasteiger partial charge in [-0.2, -0.15) is 0 Å². The lowest BCUT2D eigenvalue weighted by molar-refractivity contribution is -0.142. The lowest BCUT2D eigenvalue weighted by Crippen LogP contribution is -2.39.